The lowest BCUT2D eigenvalue weighted by atomic mass is 10.2. The molecule has 0 spiro atoms. The summed E-state index contributed by atoms with van der Waals surface area (Å²) in [6, 6.07) is 0. The molecule has 0 saturated heterocycles. The molecule has 0 aromatic heterocycles. The molecular formula is C8H10O2. The molecule has 0 amide bonds. The Morgan fingerprint density at radius 1 is 1.40 bits per heavy atom. The van der Waals surface area contributed by atoms with Crippen LogP contribution in [0.4, 0.5) is 0 Å². The molecule has 0 aromatic rings. The molecule has 0 unspecified atom stereocenters. The van der Waals surface area contributed by atoms with Crippen molar-refractivity contribution in [2.24, 2.45) is 0 Å². The SMILES string of the molecule is C=C(/C=C\C)/C=C\C(=O)O. The van der Waals surface area contributed by atoms with E-state index in [1.807, 2.05) is 6.92 Å². The van der Waals surface area contributed by atoms with Crippen LogP contribution in [0.15, 0.2) is 36.5 Å². The topological polar surface area (TPSA) is 37.3 Å². The first-order valence-electron chi connectivity index (χ1n) is 2.89. The number of rotatable bonds is 3. The number of allylic oxidation sites excluding steroid dienone is 4. The summed E-state index contributed by atoms with van der Waals surface area (Å²) in [5.74, 6) is -0.953. The van der Waals surface area contributed by atoms with E-state index in [0.717, 1.165) is 6.08 Å². The van der Waals surface area contributed by atoms with Crippen molar-refractivity contribution >= 4 is 5.97 Å². The van der Waals surface area contributed by atoms with Crippen LogP contribution in [0.1, 0.15) is 6.92 Å². The van der Waals surface area contributed by atoms with Crippen molar-refractivity contribution in [3.8, 4) is 0 Å². The quantitative estimate of drug-likeness (QED) is 0.476. The van der Waals surface area contributed by atoms with Gasteiger partial charge in [-0.05, 0) is 18.6 Å². The molecule has 0 aliphatic heterocycles. The highest BCUT2D eigenvalue weighted by atomic mass is 16.4. The van der Waals surface area contributed by atoms with Gasteiger partial charge in [0.15, 0.2) is 0 Å². The molecule has 0 radical (unpaired) electrons. The Hall–Kier alpha value is -1.31. The third-order valence-electron chi connectivity index (χ3n) is 0.821. The van der Waals surface area contributed by atoms with E-state index in [1.165, 1.54) is 6.08 Å². The monoisotopic (exact) mass is 138 g/mol. The molecule has 0 heterocycles. The van der Waals surface area contributed by atoms with Crippen molar-refractivity contribution in [2.45, 2.75) is 6.92 Å². The Labute approximate surface area is 60.2 Å². The summed E-state index contributed by atoms with van der Waals surface area (Å²) < 4.78 is 0. The smallest absolute Gasteiger partial charge is 0.328 e. The van der Waals surface area contributed by atoms with Gasteiger partial charge >= 0.3 is 5.97 Å². The first-order valence-corrected chi connectivity index (χ1v) is 2.89. The van der Waals surface area contributed by atoms with Gasteiger partial charge in [0.05, 0.1) is 0 Å². The van der Waals surface area contributed by atoms with Gasteiger partial charge in [-0.3, -0.25) is 0 Å². The van der Waals surface area contributed by atoms with Crippen LogP contribution in [0.2, 0.25) is 0 Å². The van der Waals surface area contributed by atoms with Crippen LogP contribution in [0, 0.1) is 0 Å². The second-order valence-electron chi connectivity index (χ2n) is 1.75. The van der Waals surface area contributed by atoms with Crippen molar-refractivity contribution in [1.29, 1.82) is 0 Å². The Balaban J connectivity index is 3.90. The zero-order valence-electron chi connectivity index (χ0n) is 5.87. The van der Waals surface area contributed by atoms with Gasteiger partial charge in [-0.1, -0.05) is 18.7 Å². The maximum atomic E-state index is 9.96. The van der Waals surface area contributed by atoms with E-state index < -0.39 is 5.97 Å². The van der Waals surface area contributed by atoms with Gasteiger partial charge in [-0.25, -0.2) is 4.79 Å². The lowest BCUT2D eigenvalue weighted by Gasteiger charge is -1.84. The van der Waals surface area contributed by atoms with Crippen molar-refractivity contribution < 1.29 is 9.90 Å². The largest absolute Gasteiger partial charge is 0.478 e. The summed E-state index contributed by atoms with van der Waals surface area (Å²) in [5.41, 5.74) is 0.685. The molecule has 2 nitrogen and oxygen atoms in total. The van der Waals surface area contributed by atoms with Crippen LogP contribution >= 0.6 is 0 Å². The van der Waals surface area contributed by atoms with Gasteiger partial charge in [0.2, 0.25) is 0 Å². The Morgan fingerprint density at radius 3 is 2.40 bits per heavy atom. The van der Waals surface area contributed by atoms with Crippen LogP contribution < -0.4 is 0 Å². The minimum Gasteiger partial charge on any atom is -0.478 e. The third kappa shape index (κ3) is 4.84. The van der Waals surface area contributed by atoms with E-state index in [9.17, 15) is 4.79 Å². The average molecular weight is 138 g/mol. The number of hydrogen-bond donors (Lipinski definition) is 1. The fourth-order valence-electron chi connectivity index (χ4n) is 0.448. The molecular weight excluding hydrogens is 128 g/mol. The van der Waals surface area contributed by atoms with Crippen LogP contribution in [-0.4, -0.2) is 11.1 Å². The molecule has 0 aromatic carbocycles. The summed E-state index contributed by atoms with van der Waals surface area (Å²) in [7, 11) is 0. The van der Waals surface area contributed by atoms with Gasteiger partial charge in [-0.2, -0.15) is 0 Å². The summed E-state index contributed by atoms with van der Waals surface area (Å²) >= 11 is 0. The Bertz CT molecular complexity index is 187. The van der Waals surface area contributed by atoms with E-state index in [-0.39, 0.29) is 0 Å². The van der Waals surface area contributed by atoms with Crippen LogP contribution in [-0.2, 0) is 4.79 Å². The van der Waals surface area contributed by atoms with E-state index >= 15 is 0 Å². The predicted molar refractivity (Wildman–Crippen MR) is 40.7 cm³/mol. The zero-order valence-corrected chi connectivity index (χ0v) is 5.87. The van der Waals surface area contributed by atoms with Crippen molar-refractivity contribution in [3.63, 3.8) is 0 Å². The second-order valence-corrected chi connectivity index (χ2v) is 1.75. The number of aliphatic carboxylic acids is 1. The fraction of sp³-hybridized carbons (Fsp3) is 0.125. The molecule has 0 bridgehead atoms. The highest BCUT2D eigenvalue weighted by Gasteiger charge is 1.84. The Kier molecular flexibility index (Phi) is 3.96. The lowest BCUT2D eigenvalue weighted by Crippen LogP contribution is -1.85. The number of hydrogen-bond acceptors (Lipinski definition) is 1. The van der Waals surface area contributed by atoms with Crippen molar-refractivity contribution in [3.05, 3.63) is 36.5 Å². The highest BCUT2D eigenvalue weighted by Crippen LogP contribution is 1.93. The normalized spacial score (nSPS) is 10.9. The molecule has 0 aliphatic carbocycles. The molecule has 0 atom stereocenters. The number of carboxylic acid groups (broad SMARTS) is 1. The van der Waals surface area contributed by atoms with Gasteiger partial charge in [0.25, 0.3) is 0 Å². The average Bonchev–Trinajstić information content (AvgIpc) is 1.85. The minimum absolute atomic E-state index is 0.685. The first kappa shape index (κ1) is 8.69. The summed E-state index contributed by atoms with van der Waals surface area (Å²) in [4.78, 5) is 9.96. The zero-order chi connectivity index (χ0) is 7.98. The summed E-state index contributed by atoms with van der Waals surface area (Å²) in [5, 5.41) is 8.18. The number of carboxylic acids is 1. The molecule has 0 rings (SSSR count). The molecule has 0 saturated carbocycles. The molecule has 1 N–H and O–H groups in total. The molecule has 0 fully saturated rings. The van der Waals surface area contributed by atoms with Crippen LogP contribution in [0.3, 0.4) is 0 Å². The molecule has 54 valence electrons. The van der Waals surface area contributed by atoms with Gasteiger partial charge in [0, 0.05) is 6.08 Å². The fourth-order valence-corrected chi connectivity index (χ4v) is 0.448. The van der Waals surface area contributed by atoms with E-state index in [1.54, 1.807) is 12.2 Å². The van der Waals surface area contributed by atoms with E-state index in [0.29, 0.717) is 5.57 Å². The van der Waals surface area contributed by atoms with Gasteiger partial charge < -0.3 is 5.11 Å². The third-order valence-corrected chi connectivity index (χ3v) is 0.821. The second kappa shape index (κ2) is 4.56. The lowest BCUT2D eigenvalue weighted by molar-refractivity contribution is -0.131. The van der Waals surface area contributed by atoms with E-state index in [4.69, 9.17) is 5.11 Å². The van der Waals surface area contributed by atoms with Crippen molar-refractivity contribution in [1.82, 2.24) is 0 Å². The van der Waals surface area contributed by atoms with Crippen molar-refractivity contribution in [2.75, 3.05) is 0 Å². The molecule has 2 heteroatoms. The van der Waals surface area contributed by atoms with Crippen LogP contribution in [0.25, 0.3) is 0 Å². The summed E-state index contributed by atoms with van der Waals surface area (Å²) in [6.07, 6.45) is 6.04. The van der Waals surface area contributed by atoms with Gasteiger partial charge in [0.1, 0.15) is 0 Å². The van der Waals surface area contributed by atoms with E-state index in [2.05, 4.69) is 6.58 Å². The van der Waals surface area contributed by atoms with Crippen LogP contribution in [0.5, 0.6) is 0 Å². The maximum Gasteiger partial charge on any atom is 0.328 e. The Morgan fingerprint density at radius 2 is 2.00 bits per heavy atom. The summed E-state index contributed by atoms with van der Waals surface area (Å²) in [6.45, 7) is 5.43. The minimum atomic E-state index is -0.953. The standard InChI is InChI=1S/C8H10O2/c1-3-4-7(2)5-6-8(9)10/h3-6H,2H2,1H3,(H,9,10)/b4-3-,6-5-. The predicted octanol–water partition coefficient (Wildman–Crippen LogP) is 1.76. The molecule has 10 heavy (non-hydrogen) atoms. The maximum absolute atomic E-state index is 9.96. The highest BCUT2D eigenvalue weighted by molar-refractivity contribution is 5.80. The van der Waals surface area contributed by atoms with Gasteiger partial charge in [-0.15, -0.1) is 0 Å². The molecule has 0 aliphatic rings. The first-order chi connectivity index (χ1) is 4.66. The number of carbonyl (C=O) groups is 1.